The third-order valence-electron chi connectivity index (χ3n) is 13.4. The van der Waals surface area contributed by atoms with Crippen molar-refractivity contribution in [1.82, 2.24) is 14.7 Å². The molecule has 1 fully saturated rings. The number of carboxylic acid groups (broad SMARTS) is 4. The van der Waals surface area contributed by atoms with E-state index in [1.807, 2.05) is 18.2 Å². The van der Waals surface area contributed by atoms with Gasteiger partial charge in [0.2, 0.25) is 5.91 Å². The average Bonchev–Trinajstić information content (AvgIpc) is 1.58. The van der Waals surface area contributed by atoms with E-state index in [2.05, 4.69) is 160 Å². The van der Waals surface area contributed by atoms with E-state index < -0.39 is 57.5 Å². The van der Waals surface area contributed by atoms with Gasteiger partial charge in [0.25, 0.3) is 0 Å². The fourth-order valence-electron chi connectivity index (χ4n) is 8.96. The number of carbonyl (C=O) groups is 5. The minimum atomic E-state index is -3.31. The number of aliphatic hydroxyl groups is 1. The molecule has 3 atom stereocenters. The number of hydrogen-bond acceptors (Lipinski definition) is 12. The summed E-state index contributed by atoms with van der Waals surface area (Å²) in [5.74, 6) is -6.24. The smallest absolute Gasteiger partial charge is 0.336 e. The standard InChI is InChI=1S/C20H21N.C18H23NO.C11H12ClNO3S.C10H12ClNO2.C6H8O7.ClH/c1-21(2)15-7-12-20-18-10-5-3-8-16(18)13-14-17-9-4-6-11-19(17)20;1-15-9-7-8-12-17(15)18(20-14-13-19(2)3)16-10-5-4-6-11-16;1-13-10(14)6-7-17(15,16)11(13)8-2-4-9(12)5-3-8;11-9-3-1-7(2-4-9)8(6-12)5-10(13)14;7-3(8)1-6(13,5(11)12)2-4(9)10;/h3-6,8-14H,7,15H2,1-2H3;4-12,18H,13-14H2,1-3H3;2-5,11H,6-7H2,1H3;1-4,8H,5-6,12H2,(H,13,14);13H,1-2H2,(H,7,8)(H,9,10)(H,11,12);1H. The second-order valence-corrected chi connectivity index (χ2v) is 23.7. The second kappa shape index (κ2) is 36.0. The van der Waals surface area contributed by atoms with E-state index in [0.29, 0.717) is 22.2 Å². The number of carboxylic acids is 4. The molecule has 1 saturated heterocycles. The molecule has 86 heavy (non-hydrogen) atoms. The fraction of sp³-hybridized carbons (Fsp3) is 0.308. The second-order valence-electron chi connectivity index (χ2n) is 20.6. The van der Waals surface area contributed by atoms with Gasteiger partial charge in [-0.3, -0.25) is 19.2 Å². The number of sulfone groups is 1. The molecule has 0 radical (unpaired) electrons. The van der Waals surface area contributed by atoms with Gasteiger partial charge in [-0.15, -0.1) is 12.4 Å². The number of nitrogens with zero attached hydrogens (tertiary/aromatic N) is 3. The Kier molecular flexibility index (Phi) is 30.6. The molecule has 17 nitrogen and oxygen atoms in total. The molecule has 1 amide bonds. The van der Waals surface area contributed by atoms with Crippen LogP contribution in [0.15, 0.2) is 158 Å². The van der Waals surface area contributed by atoms with Crippen LogP contribution in [0.3, 0.4) is 0 Å². The van der Waals surface area contributed by atoms with Crippen molar-refractivity contribution in [1.29, 1.82) is 0 Å². The molecule has 7 N–H and O–H groups in total. The predicted molar refractivity (Wildman–Crippen MR) is 341 cm³/mol. The fourth-order valence-corrected chi connectivity index (χ4v) is 11.1. The van der Waals surface area contributed by atoms with Crippen LogP contribution in [-0.4, -0.2) is 151 Å². The van der Waals surface area contributed by atoms with Gasteiger partial charge >= 0.3 is 23.9 Å². The third-order valence-corrected chi connectivity index (χ3v) is 16.0. The Balaban J connectivity index is 0.000000284. The lowest BCUT2D eigenvalue weighted by Crippen LogP contribution is -2.42. The lowest BCUT2D eigenvalue weighted by atomic mass is 9.93. The van der Waals surface area contributed by atoms with Crippen LogP contribution in [0.4, 0.5) is 0 Å². The number of benzene rings is 6. The van der Waals surface area contributed by atoms with Crippen molar-refractivity contribution in [2.75, 3.05) is 67.2 Å². The van der Waals surface area contributed by atoms with E-state index in [4.69, 9.17) is 59.2 Å². The lowest BCUT2D eigenvalue weighted by molar-refractivity contribution is -0.170. The number of rotatable bonds is 19. The first kappa shape index (κ1) is 73.0. The van der Waals surface area contributed by atoms with Crippen LogP contribution in [0.25, 0.3) is 17.7 Å². The van der Waals surface area contributed by atoms with E-state index in [-0.39, 0.29) is 48.9 Å². The van der Waals surface area contributed by atoms with Crippen LogP contribution in [0.2, 0.25) is 10.0 Å². The van der Waals surface area contributed by atoms with E-state index in [0.717, 1.165) is 31.7 Å². The summed E-state index contributed by atoms with van der Waals surface area (Å²) in [5, 5.41) is 42.7. The molecule has 6 aromatic carbocycles. The van der Waals surface area contributed by atoms with Gasteiger partial charge < -0.3 is 50.7 Å². The monoisotopic (exact) mass is 1260 g/mol. The normalized spacial score (nSPS) is 14.4. The summed E-state index contributed by atoms with van der Waals surface area (Å²) >= 11 is 11.5. The Morgan fingerprint density at radius 1 is 0.698 bits per heavy atom. The van der Waals surface area contributed by atoms with Crippen molar-refractivity contribution < 1.29 is 62.7 Å². The summed E-state index contributed by atoms with van der Waals surface area (Å²) in [6.45, 7) is 5.19. The Bertz CT molecular complexity index is 3260. The number of aryl methyl sites for hydroxylation is 1. The van der Waals surface area contributed by atoms with Gasteiger partial charge in [-0.1, -0.05) is 169 Å². The number of ether oxygens (including phenoxy) is 1. The number of fused-ring (bicyclic) bond motifs is 2. The number of hydrogen-bond donors (Lipinski definition) is 6. The van der Waals surface area contributed by atoms with Gasteiger partial charge in [0.15, 0.2) is 20.8 Å². The summed E-state index contributed by atoms with van der Waals surface area (Å²) in [6.07, 6.45) is 5.72. The summed E-state index contributed by atoms with van der Waals surface area (Å²) in [6, 6.07) is 49.8. The van der Waals surface area contributed by atoms with Gasteiger partial charge in [0, 0.05) is 42.5 Å². The third kappa shape index (κ3) is 23.6. The van der Waals surface area contributed by atoms with Crippen LogP contribution < -0.4 is 5.73 Å². The van der Waals surface area contributed by atoms with Crippen LogP contribution in [0.1, 0.15) is 99.6 Å². The molecule has 0 spiro atoms. The Morgan fingerprint density at radius 3 is 1.66 bits per heavy atom. The summed E-state index contributed by atoms with van der Waals surface area (Å²) < 4.78 is 30.2. The highest BCUT2D eigenvalue weighted by atomic mass is 35.5. The maximum Gasteiger partial charge on any atom is 0.336 e. The molecular weight excluding hydrogens is 1180 g/mol. The molecule has 8 rings (SSSR count). The Morgan fingerprint density at radius 2 is 1.19 bits per heavy atom. The van der Waals surface area contributed by atoms with Crippen LogP contribution in [-0.2, 0) is 38.5 Å². The van der Waals surface area contributed by atoms with Gasteiger partial charge in [0.05, 0.1) is 31.6 Å². The lowest BCUT2D eigenvalue weighted by Gasteiger charge is -2.32. The number of halogens is 3. The molecule has 21 heteroatoms. The average molecular weight is 1260 g/mol. The van der Waals surface area contributed by atoms with Crippen molar-refractivity contribution in [3.8, 4) is 0 Å². The van der Waals surface area contributed by atoms with Crippen LogP contribution >= 0.6 is 35.6 Å². The first-order chi connectivity index (χ1) is 40.3. The number of carbonyl (C=O) groups excluding carboxylic acids is 1. The first-order valence-electron chi connectivity index (χ1n) is 27.1. The molecule has 1 aliphatic heterocycles. The zero-order valence-electron chi connectivity index (χ0n) is 49.0. The Hall–Kier alpha value is -7.23. The highest BCUT2D eigenvalue weighted by Gasteiger charge is 2.41. The van der Waals surface area contributed by atoms with E-state index in [1.54, 1.807) is 36.4 Å². The maximum atomic E-state index is 12.0. The molecular formula is C65H77Cl3N4O13S. The molecule has 3 unspecified atom stereocenters. The van der Waals surface area contributed by atoms with E-state index in [1.165, 1.54) is 56.5 Å². The topological polar surface area (TPSA) is 266 Å². The maximum absolute atomic E-state index is 12.0. The van der Waals surface area contributed by atoms with Gasteiger partial charge in [0.1, 0.15) is 6.10 Å². The van der Waals surface area contributed by atoms with Crippen LogP contribution in [0.5, 0.6) is 0 Å². The van der Waals surface area contributed by atoms with E-state index in [9.17, 15) is 32.4 Å². The SMILES string of the molecule is CN(C)CCC=C1c2ccccc2C=Cc2ccccc21.CN1C(=O)CCS(=O)(=O)C1c1ccc(Cl)cc1.Cc1ccccc1C(OCCN(C)C)c1ccccc1.Cl.NCC(CC(=O)O)c1ccc(Cl)cc1.O=C(O)CC(O)(CC(=O)O)C(=O)O. The largest absolute Gasteiger partial charge is 0.481 e. The zero-order valence-corrected chi connectivity index (χ0v) is 52.1. The number of likely N-dealkylation sites (N-methyl/N-ethyl adjacent to an activating group) is 1. The van der Waals surface area contributed by atoms with Crippen molar-refractivity contribution in [3.63, 3.8) is 0 Å². The number of amides is 1. The van der Waals surface area contributed by atoms with Crippen molar-refractivity contribution in [2.45, 2.75) is 62.0 Å². The first-order valence-corrected chi connectivity index (χ1v) is 29.6. The van der Waals surface area contributed by atoms with Crippen molar-refractivity contribution in [2.24, 2.45) is 5.73 Å². The minimum absolute atomic E-state index is 0. The molecule has 1 aliphatic carbocycles. The summed E-state index contributed by atoms with van der Waals surface area (Å²) in [7, 11) is 6.57. The predicted octanol–water partition coefficient (Wildman–Crippen LogP) is 10.9. The highest BCUT2D eigenvalue weighted by molar-refractivity contribution is 7.91. The Labute approximate surface area is 520 Å². The number of nitrogens with two attached hydrogens (primary N) is 1. The summed E-state index contributed by atoms with van der Waals surface area (Å²) in [4.78, 5) is 58.2. The van der Waals surface area contributed by atoms with Crippen molar-refractivity contribution >= 4 is 93.0 Å². The molecule has 6 aromatic rings. The highest BCUT2D eigenvalue weighted by Crippen LogP contribution is 2.35. The minimum Gasteiger partial charge on any atom is -0.481 e. The summed E-state index contributed by atoms with van der Waals surface area (Å²) in [5.41, 5.74) is 14.6. The zero-order chi connectivity index (χ0) is 62.9. The van der Waals surface area contributed by atoms with Gasteiger partial charge in [-0.05, 0) is 128 Å². The molecule has 0 aromatic heterocycles. The molecule has 462 valence electrons. The molecule has 0 saturated carbocycles. The molecule has 2 aliphatic rings. The quantitative estimate of drug-likeness (QED) is 0.0439. The van der Waals surface area contributed by atoms with Crippen LogP contribution in [0, 0.1) is 6.92 Å². The number of aliphatic carboxylic acids is 4. The van der Waals surface area contributed by atoms with Crippen molar-refractivity contribution in [3.05, 3.63) is 218 Å². The van der Waals surface area contributed by atoms with Gasteiger partial charge in [-0.25, -0.2) is 13.2 Å². The molecule has 1 heterocycles. The van der Waals surface area contributed by atoms with Gasteiger partial charge in [-0.2, -0.15) is 0 Å². The van der Waals surface area contributed by atoms with E-state index >= 15 is 0 Å². The molecule has 0 bridgehead atoms.